The molecule has 0 bridgehead atoms. The van der Waals surface area contributed by atoms with Gasteiger partial charge in [0.1, 0.15) is 17.2 Å². The van der Waals surface area contributed by atoms with E-state index < -0.39 is 10.8 Å². The molecule has 7 heteroatoms. The zero-order valence-corrected chi connectivity index (χ0v) is 13.0. The van der Waals surface area contributed by atoms with Gasteiger partial charge in [-0.15, -0.1) is 0 Å². The molecule has 1 amide bonds. The van der Waals surface area contributed by atoms with Crippen LogP contribution in [0.2, 0.25) is 0 Å². The molecule has 0 atom stereocenters. The van der Waals surface area contributed by atoms with E-state index >= 15 is 0 Å². The van der Waals surface area contributed by atoms with Crippen LogP contribution in [0.3, 0.4) is 0 Å². The minimum Gasteiger partial charge on any atom is -0.496 e. The van der Waals surface area contributed by atoms with Crippen molar-refractivity contribution in [3.05, 3.63) is 57.6 Å². The average Bonchev–Trinajstić information content (AvgIpc) is 2.54. The van der Waals surface area contributed by atoms with Crippen LogP contribution in [0.25, 0.3) is 0 Å². The van der Waals surface area contributed by atoms with Crippen LogP contribution in [0.4, 0.5) is 11.4 Å². The highest BCUT2D eigenvalue weighted by Gasteiger charge is 2.20. The lowest BCUT2D eigenvalue weighted by atomic mass is 10.1. The van der Waals surface area contributed by atoms with Crippen LogP contribution in [-0.2, 0) is 0 Å². The summed E-state index contributed by atoms with van der Waals surface area (Å²) in [7, 11) is 2.88. The number of hydrogen-bond donors (Lipinski definition) is 1. The Morgan fingerprint density at radius 2 is 1.91 bits per heavy atom. The van der Waals surface area contributed by atoms with Crippen LogP contribution in [-0.4, -0.2) is 25.1 Å². The number of carbonyl (C=O) groups excluding carboxylic acids is 1. The van der Waals surface area contributed by atoms with Gasteiger partial charge >= 0.3 is 0 Å². The number of hydrogen-bond acceptors (Lipinski definition) is 5. The highest BCUT2D eigenvalue weighted by atomic mass is 16.6. The lowest BCUT2D eigenvalue weighted by molar-refractivity contribution is -0.384. The average molecular weight is 316 g/mol. The second kappa shape index (κ2) is 6.78. The van der Waals surface area contributed by atoms with Crippen molar-refractivity contribution in [2.24, 2.45) is 0 Å². The molecule has 7 nitrogen and oxygen atoms in total. The number of benzene rings is 2. The smallest absolute Gasteiger partial charge is 0.296 e. The van der Waals surface area contributed by atoms with Crippen LogP contribution >= 0.6 is 0 Å². The van der Waals surface area contributed by atoms with Gasteiger partial charge in [-0.2, -0.15) is 0 Å². The Labute approximate surface area is 133 Å². The number of methoxy groups -OCH3 is 2. The molecule has 0 aromatic heterocycles. The summed E-state index contributed by atoms with van der Waals surface area (Å²) in [6, 6.07) is 9.34. The number of nitrogens with zero attached hydrogens (tertiary/aromatic N) is 1. The summed E-state index contributed by atoms with van der Waals surface area (Å²) in [6.45, 7) is 1.81. The van der Waals surface area contributed by atoms with E-state index in [1.54, 1.807) is 12.1 Å². The van der Waals surface area contributed by atoms with E-state index in [-0.39, 0.29) is 11.4 Å². The van der Waals surface area contributed by atoms with E-state index in [9.17, 15) is 14.9 Å². The fourth-order valence-corrected chi connectivity index (χ4v) is 2.19. The third-order valence-electron chi connectivity index (χ3n) is 3.31. The van der Waals surface area contributed by atoms with Crippen molar-refractivity contribution >= 4 is 17.3 Å². The van der Waals surface area contributed by atoms with Gasteiger partial charge in [-0.05, 0) is 30.7 Å². The van der Waals surface area contributed by atoms with E-state index in [1.807, 2.05) is 13.0 Å². The van der Waals surface area contributed by atoms with Gasteiger partial charge in [0.2, 0.25) is 0 Å². The molecule has 0 heterocycles. The van der Waals surface area contributed by atoms with E-state index in [1.165, 1.54) is 32.4 Å². The largest absolute Gasteiger partial charge is 0.496 e. The molecule has 0 aliphatic rings. The van der Waals surface area contributed by atoms with Crippen molar-refractivity contribution in [3.63, 3.8) is 0 Å². The van der Waals surface area contributed by atoms with Gasteiger partial charge in [0.05, 0.1) is 30.8 Å². The maximum absolute atomic E-state index is 12.4. The predicted octanol–water partition coefficient (Wildman–Crippen LogP) is 3.17. The first-order valence-electron chi connectivity index (χ1n) is 6.75. The quantitative estimate of drug-likeness (QED) is 0.676. The molecule has 2 aromatic rings. The molecule has 0 saturated carbocycles. The van der Waals surface area contributed by atoms with Gasteiger partial charge in [-0.3, -0.25) is 14.9 Å². The summed E-state index contributed by atoms with van der Waals surface area (Å²) in [6.07, 6.45) is 0. The van der Waals surface area contributed by atoms with Crippen molar-refractivity contribution in [2.45, 2.75) is 6.92 Å². The van der Waals surface area contributed by atoms with Crippen LogP contribution in [0.1, 0.15) is 15.9 Å². The van der Waals surface area contributed by atoms with Gasteiger partial charge in [0.15, 0.2) is 0 Å². The molecule has 0 saturated heterocycles. The first-order valence-corrected chi connectivity index (χ1v) is 6.75. The molecule has 0 spiro atoms. The summed E-state index contributed by atoms with van der Waals surface area (Å²) in [5.41, 5.74) is 0.940. The Morgan fingerprint density at radius 3 is 2.52 bits per heavy atom. The topological polar surface area (TPSA) is 90.7 Å². The number of nitro groups is 1. The van der Waals surface area contributed by atoms with Crippen molar-refractivity contribution < 1.29 is 19.2 Å². The summed E-state index contributed by atoms with van der Waals surface area (Å²) in [4.78, 5) is 23.0. The standard InChI is InChI=1S/C16H16N2O5/c1-10-5-4-6-12(15(10)23-3)16(19)17-13-8-7-11(22-2)9-14(13)18(20)21/h4-9H,1-3H3,(H,17,19). The summed E-state index contributed by atoms with van der Waals surface area (Å²) >= 11 is 0. The molecule has 0 radical (unpaired) electrons. The fraction of sp³-hybridized carbons (Fsp3) is 0.188. The van der Waals surface area contributed by atoms with E-state index in [0.717, 1.165) is 5.56 Å². The number of nitrogens with one attached hydrogen (secondary N) is 1. The van der Waals surface area contributed by atoms with Crippen LogP contribution in [0, 0.1) is 17.0 Å². The second-order valence-corrected chi connectivity index (χ2v) is 4.75. The van der Waals surface area contributed by atoms with Crippen LogP contribution < -0.4 is 14.8 Å². The number of aryl methyl sites for hydroxylation is 1. The van der Waals surface area contributed by atoms with Crippen molar-refractivity contribution in [2.75, 3.05) is 19.5 Å². The fourth-order valence-electron chi connectivity index (χ4n) is 2.19. The molecule has 0 aliphatic heterocycles. The van der Waals surface area contributed by atoms with Gasteiger partial charge in [0, 0.05) is 0 Å². The second-order valence-electron chi connectivity index (χ2n) is 4.75. The molecule has 0 fully saturated rings. The van der Waals surface area contributed by atoms with Gasteiger partial charge < -0.3 is 14.8 Å². The zero-order chi connectivity index (χ0) is 17.0. The van der Waals surface area contributed by atoms with E-state index in [2.05, 4.69) is 5.32 Å². The highest BCUT2D eigenvalue weighted by molar-refractivity contribution is 6.07. The SMILES string of the molecule is COc1ccc(NC(=O)c2cccc(C)c2OC)c([N+](=O)[O-])c1. The summed E-state index contributed by atoms with van der Waals surface area (Å²) in [5, 5.41) is 13.7. The molecular formula is C16H16N2O5. The Balaban J connectivity index is 2.38. The van der Waals surface area contributed by atoms with Crippen LogP contribution in [0.5, 0.6) is 11.5 Å². The molecule has 23 heavy (non-hydrogen) atoms. The minimum absolute atomic E-state index is 0.0874. The molecule has 0 unspecified atom stereocenters. The number of ether oxygens (including phenoxy) is 2. The first-order chi connectivity index (χ1) is 11.0. The van der Waals surface area contributed by atoms with Crippen molar-refractivity contribution in [3.8, 4) is 11.5 Å². The highest BCUT2D eigenvalue weighted by Crippen LogP contribution is 2.30. The molecule has 120 valence electrons. The van der Waals surface area contributed by atoms with Crippen molar-refractivity contribution in [1.82, 2.24) is 0 Å². The number of anilines is 1. The van der Waals surface area contributed by atoms with Gasteiger partial charge in [-0.25, -0.2) is 0 Å². The van der Waals surface area contributed by atoms with E-state index in [4.69, 9.17) is 9.47 Å². The number of carbonyl (C=O) groups is 1. The third-order valence-corrected chi connectivity index (χ3v) is 3.31. The van der Waals surface area contributed by atoms with Gasteiger partial charge in [-0.1, -0.05) is 12.1 Å². The Kier molecular flexibility index (Phi) is 4.80. The molecule has 0 aliphatic carbocycles. The number of amides is 1. The maximum Gasteiger partial charge on any atom is 0.296 e. The zero-order valence-electron chi connectivity index (χ0n) is 13.0. The van der Waals surface area contributed by atoms with Crippen molar-refractivity contribution in [1.29, 1.82) is 0 Å². The first kappa shape index (κ1) is 16.3. The summed E-state index contributed by atoms with van der Waals surface area (Å²) < 4.78 is 10.2. The third kappa shape index (κ3) is 3.39. The summed E-state index contributed by atoms with van der Waals surface area (Å²) in [5.74, 6) is 0.280. The Morgan fingerprint density at radius 1 is 1.17 bits per heavy atom. The molecule has 2 rings (SSSR count). The van der Waals surface area contributed by atoms with E-state index in [0.29, 0.717) is 17.1 Å². The van der Waals surface area contributed by atoms with Crippen LogP contribution in [0.15, 0.2) is 36.4 Å². The minimum atomic E-state index is -0.578. The molecule has 1 N–H and O–H groups in total. The predicted molar refractivity (Wildman–Crippen MR) is 85.3 cm³/mol. The molecular weight excluding hydrogens is 300 g/mol. The number of rotatable bonds is 5. The monoisotopic (exact) mass is 316 g/mol. The normalized spacial score (nSPS) is 10.0. The number of para-hydroxylation sites is 1. The number of nitro benzene ring substituents is 1. The Hall–Kier alpha value is -3.09. The van der Waals surface area contributed by atoms with Gasteiger partial charge in [0.25, 0.3) is 11.6 Å². The Bertz CT molecular complexity index is 758. The molecule has 2 aromatic carbocycles. The maximum atomic E-state index is 12.4. The lowest BCUT2D eigenvalue weighted by Crippen LogP contribution is -2.14. The lowest BCUT2D eigenvalue weighted by Gasteiger charge is -2.12.